The van der Waals surface area contributed by atoms with Crippen LogP contribution in [0.15, 0.2) is 0 Å². The summed E-state index contributed by atoms with van der Waals surface area (Å²) >= 11 is 0. The molecule has 1 saturated heterocycles. The SMILES string of the molecule is CN(CCN1CCCC1)C(=O)CC1(N)CCC1. The fourth-order valence-corrected chi connectivity index (χ4v) is 2.67. The minimum absolute atomic E-state index is 0.182. The van der Waals surface area contributed by atoms with Gasteiger partial charge in [-0.2, -0.15) is 0 Å². The Morgan fingerprint density at radius 1 is 1.29 bits per heavy atom. The Hall–Kier alpha value is -0.610. The van der Waals surface area contributed by atoms with Gasteiger partial charge in [0.25, 0.3) is 0 Å². The summed E-state index contributed by atoms with van der Waals surface area (Å²) in [4.78, 5) is 16.3. The predicted octanol–water partition coefficient (Wildman–Crippen LogP) is 0.812. The third kappa shape index (κ3) is 3.42. The zero-order valence-corrected chi connectivity index (χ0v) is 11.0. The van der Waals surface area contributed by atoms with E-state index in [1.165, 1.54) is 32.4 Å². The van der Waals surface area contributed by atoms with Crippen LogP contribution in [0.5, 0.6) is 0 Å². The number of carbonyl (C=O) groups is 1. The van der Waals surface area contributed by atoms with Gasteiger partial charge >= 0.3 is 0 Å². The molecule has 2 rings (SSSR count). The minimum Gasteiger partial charge on any atom is -0.344 e. The van der Waals surface area contributed by atoms with E-state index in [9.17, 15) is 4.79 Å². The summed E-state index contributed by atoms with van der Waals surface area (Å²) in [5.41, 5.74) is 5.92. The molecule has 17 heavy (non-hydrogen) atoms. The number of hydrogen-bond acceptors (Lipinski definition) is 3. The van der Waals surface area contributed by atoms with E-state index in [2.05, 4.69) is 4.90 Å². The van der Waals surface area contributed by atoms with Crippen molar-refractivity contribution in [2.45, 2.75) is 44.1 Å². The Labute approximate surface area is 104 Å². The van der Waals surface area contributed by atoms with Crippen molar-refractivity contribution < 1.29 is 4.79 Å². The number of carbonyl (C=O) groups excluding carboxylic acids is 1. The van der Waals surface area contributed by atoms with Crippen molar-refractivity contribution in [1.82, 2.24) is 9.80 Å². The lowest BCUT2D eigenvalue weighted by Gasteiger charge is -2.38. The van der Waals surface area contributed by atoms with Gasteiger partial charge in [-0.1, -0.05) is 0 Å². The fourth-order valence-electron chi connectivity index (χ4n) is 2.67. The van der Waals surface area contributed by atoms with Crippen LogP contribution in [0.4, 0.5) is 0 Å². The van der Waals surface area contributed by atoms with Crippen molar-refractivity contribution in [2.24, 2.45) is 5.73 Å². The van der Waals surface area contributed by atoms with Crippen LogP contribution < -0.4 is 5.73 Å². The lowest BCUT2D eigenvalue weighted by molar-refractivity contribution is -0.132. The Kier molecular flexibility index (Phi) is 4.05. The molecule has 0 spiro atoms. The second kappa shape index (κ2) is 5.36. The standard InChI is InChI=1S/C13H25N3O/c1-15(9-10-16-7-2-3-8-16)12(17)11-13(14)5-4-6-13/h2-11,14H2,1H3. The molecule has 1 heterocycles. The van der Waals surface area contributed by atoms with E-state index in [0.29, 0.717) is 6.42 Å². The monoisotopic (exact) mass is 239 g/mol. The first-order valence-corrected chi connectivity index (χ1v) is 6.84. The Morgan fingerprint density at radius 2 is 1.94 bits per heavy atom. The van der Waals surface area contributed by atoms with Crippen molar-refractivity contribution in [3.8, 4) is 0 Å². The van der Waals surface area contributed by atoms with Crippen LogP contribution in [0.25, 0.3) is 0 Å². The number of amides is 1. The highest BCUT2D eigenvalue weighted by molar-refractivity contribution is 5.77. The first kappa shape index (κ1) is 12.8. The zero-order valence-electron chi connectivity index (χ0n) is 11.0. The van der Waals surface area contributed by atoms with Gasteiger partial charge in [0.2, 0.25) is 5.91 Å². The summed E-state index contributed by atoms with van der Waals surface area (Å²) in [6, 6.07) is 0. The van der Waals surface area contributed by atoms with Crippen LogP contribution in [-0.4, -0.2) is 54.5 Å². The Bertz CT molecular complexity index is 270. The highest BCUT2D eigenvalue weighted by atomic mass is 16.2. The molecule has 0 aromatic rings. The molecule has 0 radical (unpaired) electrons. The third-order valence-electron chi connectivity index (χ3n) is 4.23. The zero-order chi connectivity index (χ0) is 12.3. The van der Waals surface area contributed by atoms with E-state index >= 15 is 0 Å². The lowest BCUT2D eigenvalue weighted by Crippen LogP contribution is -2.50. The highest BCUT2D eigenvalue weighted by Crippen LogP contribution is 2.32. The molecule has 2 N–H and O–H groups in total. The Balaban J connectivity index is 1.67. The molecule has 4 heteroatoms. The molecular weight excluding hydrogens is 214 g/mol. The smallest absolute Gasteiger partial charge is 0.224 e. The first-order valence-electron chi connectivity index (χ1n) is 6.84. The van der Waals surface area contributed by atoms with Gasteiger partial charge in [0, 0.05) is 32.1 Å². The number of hydrogen-bond donors (Lipinski definition) is 1. The van der Waals surface area contributed by atoms with E-state index in [-0.39, 0.29) is 11.4 Å². The van der Waals surface area contributed by atoms with Gasteiger partial charge in [-0.25, -0.2) is 0 Å². The molecular formula is C13H25N3O. The molecule has 1 aliphatic heterocycles. The van der Waals surface area contributed by atoms with E-state index in [4.69, 9.17) is 5.73 Å². The summed E-state index contributed by atoms with van der Waals surface area (Å²) in [5.74, 6) is 0.214. The molecule has 1 saturated carbocycles. The van der Waals surface area contributed by atoms with E-state index in [0.717, 1.165) is 25.9 Å². The maximum atomic E-state index is 12.0. The lowest BCUT2D eigenvalue weighted by atomic mass is 9.75. The van der Waals surface area contributed by atoms with Gasteiger partial charge in [-0.3, -0.25) is 4.79 Å². The number of nitrogens with zero attached hydrogens (tertiary/aromatic N) is 2. The van der Waals surface area contributed by atoms with Crippen molar-refractivity contribution in [2.75, 3.05) is 33.2 Å². The summed E-state index contributed by atoms with van der Waals surface area (Å²) in [6.07, 6.45) is 6.36. The summed E-state index contributed by atoms with van der Waals surface area (Å²) in [7, 11) is 1.90. The molecule has 98 valence electrons. The molecule has 0 aromatic heterocycles. The van der Waals surface area contributed by atoms with Crippen LogP contribution in [0.1, 0.15) is 38.5 Å². The molecule has 0 atom stereocenters. The van der Waals surface area contributed by atoms with Crippen LogP contribution >= 0.6 is 0 Å². The number of rotatable bonds is 5. The Morgan fingerprint density at radius 3 is 2.47 bits per heavy atom. The third-order valence-corrected chi connectivity index (χ3v) is 4.23. The van der Waals surface area contributed by atoms with Crippen molar-refractivity contribution >= 4 is 5.91 Å². The average Bonchev–Trinajstić information content (AvgIpc) is 2.76. The van der Waals surface area contributed by atoms with E-state index < -0.39 is 0 Å². The molecule has 2 aliphatic rings. The molecule has 1 aliphatic carbocycles. The summed E-state index contributed by atoms with van der Waals surface area (Å²) in [6.45, 7) is 4.25. The summed E-state index contributed by atoms with van der Waals surface area (Å²) < 4.78 is 0. The van der Waals surface area contributed by atoms with Gasteiger partial charge in [-0.15, -0.1) is 0 Å². The van der Waals surface area contributed by atoms with Crippen molar-refractivity contribution in [3.63, 3.8) is 0 Å². The highest BCUT2D eigenvalue weighted by Gasteiger charge is 2.35. The quantitative estimate of drug-likeness (QED) is 0.772. The number of likely N-dealkylation sites (N-methyl/N-ethyl adjacent to an activating group) is 1. The molecule has 4 nitrogen and oxygen atoms in total. The van der Waals surface area contributed by atoms with Gasteiger partial charge in [-0.05, 0) is 45.2 Å². The van der Waals surface area contributed by atoms with Crippen molar-refractivity contribution in [3.05, 3.63) is 0 Å². The molecule has 0 unspecified atom stereocenters. The molecule has 1 amide bonds. The second-order valence-corrected chi connectivity index (χ2v) is 5.76. The van der Waals surface area contributed by atoms with Gasteiger partial charge in [0.1, 0.15) is 0 Å². The van der Waals surface area contributed by atoms with Crippen LogP contribution in [0, 0.1) is 0 Å². The first-order chi connectivity index (χ1) is 8.09. The average molecular weight is 239 g/mol. The molecule has 2 fully saturated rings. The van der Waals surface area contributed by atoms with Gasteiger partial charge < -0.3 is 15.5 Å². The van der Waals surface area contributed by atoms with Crippen molar-refractivity contribution in [1.29, 1.82) is 0 Å². The van der Waals surface area contributed by atoms with Gasteiger partial charge in [0.15, 0.2) is 0 Å². The topological polar surface area (TPSA) is 49.6 Å². The van der Waals surface area contributed by atoms with Gasteiger partial charge in [0.05, 0.1) is 0 Å². The van der Waals surface area contributed by atoms with Crippen LogP contribution in [0.2, 0.25) is 0 Å². The normalized spacial score (nSPS) is 23.4. The minimum atomic E-state index is -0.182. The fraction of sp³-hybridized carbons (Fsp3) is 0.923. The number of nitrogens with two attached hydrogens (primary N) is 1. The van der Waals surface area contributed by atoms with E-state index in [1.54, 1.807) is 0 Å². The van der Waals surface area contributed by atoms with E-state index in [1.807, 2.05) is 11.9 Å². The maximum Gasteiger partial charge on any atom is 0.224 e. The summed E-state index contributed by atoms with van der Waals surface area (Å²) in [5, 5.41) is 0. The largest absolute Gasteiger partial charge is 0.344 e. The molecule has 0 aromatic carbocycles. The van der Waals surface area contributed by atoms with Crippen LogP contribution in [-0.2, 0) is 4.79 Å². The molecule has 0 bridgehead atoms. The van der Waals surface area contributed by atoms with Crippen LogP contribution in [0.3, 0.4) is 0 Å². The second-order valence-electron chi connectivity index (χ2n) is 5.76. The maximum absolute atomic E-state index is 12.0. The number of likely N-dealkylation sites (tertiary alicyclic amines) is 1. The predicted molar refractivity (Wildman–Crippen MR) is 68.7 cm³/mol.